The average molecular weight is 565 g/mol. The van der Waals surface area contributed by atoms with Crippen LogP contribution in [-0.2, 0) is 11.3 Å². The van der Waals surface area contributed by atoms with E-state index in [4.69, 9.17) is 10.3 Å². The van der Waals surface area contributed by atoms with Gasteiger partial charge in [-0.25, -0.2) is 4.98 Å². The highest BCUT2D eigenvalue weighted by Gasteiger charge is 2.43. The van der Waals surface area contributed by atoms with Crippen LogP contribution in [0.5, 0.6) is 0 Å². The van der Waals surface area contributed by atoms with Crippen LogP contribution in [0.2, 0.25) is 0 Å². The molecule has 3 heterocycles. The maximum absolute atomic E-state index is 15.3. The first-order valence-electron chi connectivity index (χ1n) is 15.1. The minimum atomic E-state index is -0.721. The van der Waals surface area contributed by atoms with Gasteiger partial charge in [0.1, 0.15) is 17.3 Å². The highest BCUT2D eigenvalue weighted by Crippen LogP contribution is 2.48. The van der Waals surface area contributed by atoms with E-state index in [1.165, 1.54) is 12.8 Å². The van der Waals surface area contributed by atoms with Crippen LogP contribution < -0.4 is 11.1 Å². The van der Waals surface area contributed by atoms with Crippen LogP contribution in [0.3, 0.4) is 0 Å². The minimum absolute atomic E-state index is 0.0228. The molecule has 1 atom stereocenters. The van der Waals surface area contributed by atoms with Gasteiger partial charge in [0.2, 0.25) is 11.9 Å². The smallest absolute Gasteiger partial charge is 0.267 e. The molecule has 3 aromatic heterocycles. The van der Waals surface area contributed by atoms with E-state index in [2.05, 4.69) is 20.6 Å². The number of carbonyl (C=O) groups is 2. The second-order valence-electron chi connectivity index (χ2n) is 11.7. The Morgan fingerprint density at radius 1 is 1.07 bits per heavy atom. The van der Waals surface area contributed by atoms with Crippen LogP contribution in [0.1, 0.15) is 105 Å². The molecule has 0 aromatic carbocycles. The number of carbonyl (C=O) groups excluding carboxylic acids is 2. The van der Waals surface area contributed by atoms with Crippen molar-refractivity contribution in [2.24, 2.45) is 23.5 Å². The predicted molar refractivity (Wildman–Crippen MR) is 154 cm³/mol. The fourth-order valence-electron chi connectivity index (χ4n) is 7.39. The van der Waals surface area contributed by atoms with Crippen molar-refractivity contribution in [2.75, 3.05) is 5.32 Å². The number of primary amides is 1. The molecule has 10 heteroatoms. The maximum Gasteiger partial charge on any atom is 0.267 e. The van der Waals surface area contributed by atoms with Gasteiger partial charge in [0, 0.05) is 17.7 Å². The molecule has 5 rings (SSSR count). The zero-order valence-electron chi connectivity index (χ0n) is 24.3. The third kappa shape index (κ3) is 5.92. The molecular weight excluding hydrogens is 523 g/mol. The molecule has 220 valence electrons. The van der Waals surface area contributed by atoms with Gasteiger partial charge >= 0.3 is 0 Å². The van der Waals surface area contributed by atoms with Crippen LogP contribution in [0, 0.1) is 37.5 Å². The molecule has 3 aromatic rings. The van der Waals surface area contributed by atoms with Crippen molar-refractivity contribution in [3.8, 4) is 11.1 Å². The highest BCUT2D eigenvalue weighted by atomic mass is 19.1. The molecule has 0 spiro atoms. The standard InChI is InChI=1S/C31H41FN6O3/c1-4-38-28(30(33)39)23(17-34-38)27(26(20-11-7-5-8-12-20)21-13-9-6-10-14-21)31(40)36-24-16-15-22(29(32)35-24)25-18(2)37-41-19(25)3/h15-17,20-21,26-27H,4-14H2,1-3H3,(H2,33,39)(H,35,36,40)/t27-/m0/s1. The van der Waals surface area contributed by atoms with E-state index in [1.807, 2.05) is 6.92 Å². The Kier molecular flexibility index (Phi) is 8.85. The molecule has 0 saturated heterocycles. The molecule has 41 heavy (non-hydrogen) atoms. The third-order valence-electron chi connectivity index (χ3n) is 9.19. The first-order chi connectivity index (χ1) is 19.8. The van der Waals surface area contributed by atoms with Gasteiger partial charge < -0.3 is 15.6 Å². The SMILES string of the molecule is CCn1ncc([C@H](C(=O)Nc2ccc(-c3c(C)noc3C)c(F)n2)C(C2CCCCC2)C2CCCCC2)c1C(N)=O. The second-order valence-corrected chi connectivity index (χ2v) is 11.7. The molecule has 2 saturated carbocycles. The number of nitrogens with two attached hydrogens (primary N) is 1. The summed E-state index contributed by atoms with van der Waals surface area (Å²) in [7, 11) is 0. The van der Waals surface area contributed by atoms with Crippen LogP contribution in [-0.4, -0.2) is 31.7 Å². The van der Waals surface area contributed by atoms with Crippen LogP contribution in [0.25, 0.3) is 11.1 Å². The minimum Gasteiger partial charge on any atom is -0.364 e. The number of amides is 2. The quantitative estimate of drug-likeness (QED) is 0.293. The summed E-state index contributed by atoms with van der Waals surface area (Å²) in [4.78, 5) is 31.2. The van der Waals surface area contributed by atoms with Gasteiger partial charge in [-0.2, -0.15) is 9.49 Å². The van der Waals surface area contributed by atoms with Crippen molar-refractivity contribution in [2.45, 2.75) is 97.4 Å². The third-order valence-corrected chi connectivity index (χ3v) is 9.19. The van der Waals surface area contributed by atoms with E-state index >= 15 is 4.39 Å². The van der Waals surface area contributed by atoms with Crippen molar-refractivity contribution in [3.63, 3.8) is 0 Å². The van der Waals surface area contributed by atoms with Crippen molar-refractivity contribution in [1.82, 2.24) is 19.9 Å². The summed E-state index contributed by atoms with van der Waals surface area (Å²) in [6.07, 6.45) is 12.8. The molecule has 3 N–H and O–H groups in total. The van der Waals surface area contributed by atoms with E-state index in [0.29, 0.717) is 41.0 Å². The molecule has 2 aliphatic rings. The lowest BCUT2D eigenvalue weighted by Crippen LogP contribution is -2.39. The predicted octanol–water partition coefficient (Wildman–Crippen LogP) is 6.31. The summed E-state index contributed by atoms with van der Waals surface area (Å²) < 4.78 is 22.1. The first-order valence-corrected chi connectivity index (χ1v) is 15.1. The molecule has 0 unspecified atom stereocenters. The van der Waals surface area contributed by atoms with Crippen LogP contribution in [0.15, 0.2) is 22.9 Å². The highest BCUT2D eigenvalue weighted by molar-refractivity contribution is 5.99. The van der Waals surface area contributed by atoms with E-state index in [1.54, 1.807) is 36.9 Å². The summed E-state index contributed by atoms with van der Waals surface area (Å²) >= 11 is 0. The van der Waals surface area contributed by atoms with Crippen molar-refractivity contribution >= 4 is 17.6 Å². The Morgan fingerprint density at radius 2 is 1.71 bits per heavy atom. The van der Waals surface area contributed by atoms with E-state index in [-0.39, 0.29) is 28.9 Å². The van der Waals surface area contributed by atoms with Gasteiger partial charge in [-0.15, -0.1) is 0 Å². The number of hydrogen-bond donors (Lipinski definition) is 2. The number of rotatable bonds is 9. The molecule has 2 amide bonds. The van der Waals surface area contributed by atoms with E-state index < -0.39 is 17.8 Å². The van der Waals surface area contributed by atoms with Gasteiger partial charge in [0.05, 0.1) is 23.4 Å². The lowest BCUT2D eigenvalue weighted by molar-refractivity contribution is -0.120. The Bertz CT molecular complexity index is 1350. The largest absolute Gasteiger partial charge is 0.364 e. The molecule has 0 radical (unpaired) electrons. The molecule has 2 aliphatic carbocycles. The molecular formula is C31H41FN6O3. The van der Waals surface area contributed by atoms with E-state index in [0.717, 1.165) is 51.4 Å². The van der Waals surface area contributed by atoms with Crippen molar-refractivity contribution in [1.29, 1.82) is 0 Å². The summed E-state index contributed by atoms with van der Waals surface area (Å²) in [5.41, 5.74) is 8.10. The summed E-state index contributed by atoms with van der Waals surface area (Å²) in [5.74, 6) is -0.957. The van der Waals surface area contributed by atoms with Crippen LogP contribution in [0.4, 0.5) is 10.2 Å². The molecule has 0 aliphatic heterocycles. The number of anilines is 1. The molecule has 9 nitrogen and oxygen atoms in total. The van der Waals surface area contributed by atoms with Gasteiger partial charge in [-0.3, -0.25) is 14.3 Å². The normalized spacial score (nSPS) is 17.6. The Morgan fingerprint density at radius 3 is 2.22 bits per heavy atom. The number of hydrogen-bond acceptors (Lipinski definition) is 6. The zero-order valence-corrected chi connectivity index (χ0v) is 24.3. The fourth-order valence-corrected chi connectivity index (χ4v) is 7.39. The Balaban J connectivity index is 1.55. The Hall–Kier alpha value is -3.56. The second kappa shape index (κ2) is 12.5. The fraction of sp³-hybridized carbons (Fsp3) is 0.581. The van der Waals surface area contributed by atoms with Crippen molar-refractivity contribution < 1.29 is 18.5 Å². The lowest BCUT2D eigenvalue weighted by Gasteiger charge is -2.41. The Labute approximate surface area is 240 Å². The number of nitrogens with zero attached hydrogens (tertiary/aromatic N) is 4. The number of nitrogens with one attached hydrogen (secondary N) is 1. The molecule has 2 fully saturated rings. The average Bonchev–Trinajstić information content (AvgIpc) is 3.55. The number of aryl methyl sites for hydroxylation is 3. The van der Waals surface area contributed by atoms with Crippen molar-refractivity contribution in [3.05, 3.63) is 47.0 Å². The van der Waals surface area contributed by atoms with Crippen LogP contribution >= 0.6 is 0 Å². The van der Waals surface area contributed by atoms with Gasteiger partial charge in [0.25, 0.3) is 5.91 Å². The lowest BCUT2D eigenvalue weighted by atomic mass is 9.63. The summed E-state index contributed by atoms with van der Waals surface area (Å²) in [5, 5.41) is 11.3. The molecule has 0 bridgehead atoms. The monoisotopic (exact) mass is 564 g/mol. The van der Waals surface area contributed by atoms with E-state index in [9.17, 15) is 9.59 Å². The summed E-state index contributed by atoms with van der Waals surface area (Å²) in [6, 6.07) is 3.18. The van der Waals surface area contributed by atoms with Gasteiger partial charge in [-0.1, -0.05) is 69.4 Å². The van der Waals surface area contributed by atoms with Gasteiger partial charge in [-0.05, 0) is 50.7 Å². The number of halogens is 1. The number of aromatic nitrogens is 4. The maximum atomic E-state index is 15.3. The zero-order chi connectivity index (χ0) is 29.1. The van der Waals surface area contributed by atoms with Gasteiger partial charge in [0.15, 0.2) is 0 Å². The topological polar surface area (TPSA) is 129 Å². The summed E-state index contributed by atoms with van der Waals surface area (Å²) in [6.45, 7) is 5.82. The number of pyridine rings is 1. The first kappa shape index (κ1) is 29.0.